The minimum atomic E-state index is -4.85. The van der Waals surface area contributed by atoms with E-state index in [-0.39, 0.29) is 11.3 Å². The van der Waals surface area contributed by atoms with Crippen LogP contribution in [-0.4, -0.2) is 19.8 Å². The molecular weight excluding hydrogens is 431 g/mol. The lowest BCUT2D eigenvalue weighted by Gasteiger charge is -2.14. The van der Waals surface area contributed by atoms with E-state index in [1.165, 1.54) is 25.3 Å². The van der Waals surface area contributed by atoms with Gasteiger partial charge in [0.2, 0.25) is 10.0 Å². The standard InChI is InChI=1S/C19H13F5N2O3S/c1-10-7-12(29-19(22,23)24)4-5-13(10)14-3-2-6-26-17(14)11-8-15(20)18(16(21)9-11)30(25,27)28/h2-9H,1H3,(H2,25,27,28). The minimum absolute atomic E-state index is 0.0805. The molecule has 158 valence electrons. The number of hydrogen-bond donors (Lipinski definition) is 1. The number of hydrogen-bond acceptors (Lipinski definition) is 4. The van der Waals surface area contributed by atoms with Gasteiger partial charge < -0.3 is 4.74 Å². The van der Waals surface area contributed by atoms with Gasteiger partial charge in [-0.05, 0) is 48.4 Å². The fourth-order valence-electron chi connectivity index (χ4n) is 2.96. The summed E-state index contributed by atoms with van der Waals surface area (Å²) in [6.07, 6.45) is -3.51. The third kappa shape index (κ3) is 4.57. The lowest BCUT2D eigenvalue weighted by atomic mass is 9.96. The molecule has 0 fully saturated rings. The number of aromatic nitrogens is 1. The molecule has 3 rings (SSSR count). The maximum Gasteiger partial charge on any atom is 0.573 e. The van der Waals surface area contributed by atoms with E-state index in [9.17, 15) is 30.4 Å². The van der Waals surface area contributed by atoms with Crippen molar-refractivity contribution < 1.29 is 35.1 Å². The van der Waals surface area contributed by atoms with Crippen molar-refractivity contribution in [2.75, 3.05) is 0 Å². The number of ether oxygens (including phenoxy) is 1. The van der Waals surface area contributed by atoms with Crippen molar-refractivity contribution >= 4 is 10.0 Å². The second kappa shape index (κ2) is 7.65. The monoisotopic (exact) mass is 444 g/mol. The number of halogens is 5. The van der Waals surface area contributed by atoms with Crippen molar-refractivity contribution in [2.45, 2.75) is 18.2 Å². The average molecular weight is 444 g/mol. The lowest BCUT2D eigenvalue weighted by molar-refractivity contribution is -0.274. The summed E-state index contributed by atoms with van der Waals surface area (Å²) in [6, 6.07) is 8.23. The molecule has 0 amide bonds. The number of nitrogens with zero attached hydrogens (tertiary/aromatic N) is 1. The Balaban J connectivity index is 2.13. The third-order valence-corrected chi connectivity index (χ3v) is 5.04. The van der Waals surface area contributed by atoms with E-state index in [2.05, 4.69) is 9.72 Å². The number of nitrogens with two attached hydrogens (primary N) is 1. The zero-order chi connectivity index (χ0) is 22.3. The first kappa shape index (κ1) is 21.7. The Bertz CT molecular complexity index is 1200. The van der Waals surface area contributed by atoms with Crippen LogP contribution in [0.3, 0.4) is 0 Å². The van der Waals surface area contributed by atoms with Crippen LogP contribution >= 0.6 is 0 Å². The summed E-state index contributed by atoms with van der Waals surface area (Å²) in [7, 11) is -4.63. The van der Waals surface area contributed by atoms with Crippen molar-refractivity contribution in [3.05, 3.63) is 65.9 Å². The van der Waals surface area contributed by atoms with Gasteiger partial charge in [-0.2, -0.15) is 0 Å². The summed E-state index contributed by atoms with van der Waals surface area (Å²) in [6.45, 7) is 1.53. The smallest absolute Gasteiger partial charge is 0.406 e. The summed E-state index contributed by atoms with van der Waals surface area (Å²) in [4.78, 5) is 2.83. The molecule has 0 unspecified atom stereocenters. The van der Waals surface area contributed by atoms with Gasteiger partial charge in [0, 0.05) is 17.3 Å². The Labute approximate surface area is 168 Å². The number of sulfonamides is 1. The highest BCUT2D eigenvalue weighted by Crippen LogP contribution is 2.36. The van der Waals surface area contributed by atoms with Crippen LogP contribution in [0.4, 0.5) is 22.0 Å². The Morgan fingerprint density at radius 1 is 1.00 bits per heavy atom. The molecule has 0 atom stereocenters. The SMILES string of the molecule is Cc1cc(OC(F)(F)F)ccc1-c1cccnc1-c1cc(F)c(S(N)(=O)=O)c(F)c1. The van der Waals surface area contributed by atoms with E-state index in [1.807, 2.05) is 0 Å². The second-order valence-corrected chi connectivity index (χ2v) is 7.74. The molecule has 1 heterocycles. The molecule has 1 aromatic heterocycles. The van der Waals surface area contributed by atoms with Gasteiger partial charge in [-0.15, -0.1) is 13.2 Å². The predicted octanol–water partition coefficient (Wildman–Crippen LogP) is 4.55. The van der Waals surface area contributed by atoms with E-state index < -0.39 is 38.7 Å². The van der Waals surface area contributed by atoms with E-state index in [0.717, 1.165) is 24.3 Å². The number of primary sulfonamides is 1. The molecule has 2 aromatic carbocycles. The van der Waals surface area contributed by atoms with Gasteiger partial charge in [-0.25, -0.2) is 22.3 Å². The maximum atomic E-state index is 14.3. The Morgan fingerprint density at radius 2 is 1.63 bits per heavy atom. The maximum absolute atomic E-state index is 14.3. The van der Waals surface area contributed by atoms with Crippen LogP contribution in [0.5, 0.6) is 5.75 Å². The summed E-state index contributed by atoms with van der Waals surface area (Å²) in [5.74, 6) is -3.21. The molecular formula is C19H13F5N2O3S. The van der Waals surface area contributed by atoms with Gasteiger partial charge in [-0.3, -0.25) is 4.98 Å². The first-order valence-electron chi connectivity index (χ1n) is 8.21. The number of benzene rings is 2. The molecule has 0 saturated heterocycles. The van der Waals surface area contributed by atoms with E-state index in [4.69, 9.17) is 5.14 Å². The highest BCUT2D eigenvalue weighted by atomic mass is 32.2. The van der Waals surface area contributed by atoms with E-state index in [0.29, 0.717) is 16.7 Å². The summed E-state index contributed by atoms with van der Waals surface area (Å²) in [5.41, 5.74) is 1.18. The third-order valence-electron chi connectivity index (χ3n) is 4.09. The van der Waals surface area contributed by atoms with Crippen LogP contribution in [0.1, 0.15) is 5.56 Å². The Kier molecular flexibility index (Phi) is 5.52. The van der Waals surface area contributed by atoms with E-state index >= 15 is 0 Å². The number of aryl methyl sites for hydroxylation is 1. The number of alkyl halides is 3. The molecule has 2 N–H and O–H groups in total. The molecule has 0 spiro atoms. The Hall–Kier alpha value is -3.05. The molecule has 3 aromatic rings. The molecule has 0 aliphatic rings. The molecule has 0 saturated carbocycles. The quantitative estimate of drug-likeness (QED) is 0.599. The van der Waals surface area contributed by atoms with Crippen molar-refractivity contribution in [3.8, 4) is 28.1 Å². The topological polar surface area (TPSA) is 82.3 Å². The van der Waals surface area contributed by atoms with E-state index in [1.54, 1.807) is 6.07 Å². The highest BCUT2D eigenvalue weighted by Gasteiger charge is 2.31. The van der Waals surface area contributed by atoms with Gasteiger partial charge in [0.05, 0.1) is 5.69 Å². The molecule has 0 radical (unpaired) electrons. The minimum Gasteiger partial charge on any atom is -0.406 e. The zero-order valence-electron chi connectivity index (χ0n) is 15.2. The van der Waals surface area contributed by atoms with Crippen LogP contribution in [0, 0.1) is 18.6 Å². The molecule has 5 nitrogen and oxygen atoms in total. The van der Waals surface area contributed by atoms with Crippen molar-refractivity contribution in [1.29, 1.82) is 0 Å². The van der Waals surface area contributed by atoms with Gasteiger partial charge in [0.1, 0.15) is 17.4 Å². The molecule has 30 heavy (non-hydrogen) atoms. The van der Waals surface area contributed by atoms with Crippen LogP contribution in [0.15, 0.2) is 53.6 Å². The van der Waals surface area contributed by atoms with Crippen molar-refractivity contribution in [1.82, 2.24) is 4.98 Å². The number of pyridine rings is 1. The second-order valence-electron chi connectivity index (χ2n) is 6.24. The lowest BCUT2D eigenvalue weighted by Crippen LogP contribution is -2.17. The molecule has 0 bridgehead atoms. The van der Waals surface area contributed by atoms with Gasteiger partial charge in [0.15, 0.2) is 4.90 Å². The van der Waals surface area contributed by atoms with Gasteiger partial charge in [0.25, 0.3) is 0 Å². The molecule has 0 aliphatic heterocycles. The van der Waals surface area contributed by atoms with Crippen LogP contribution < -0.4 is 9.88 Å². The zero-order valence-corrected chi connectivity index (χ0v) is 16.0. The largest absolute Gasteiger partial charge is 0.573 e. The number of rotatable bonds is 4. The average Bonchev–Trinajstić information content (AvgIpc) is 2.58. The first-order chi connectivity index (χ1) is 13.9. The van der Waals surface area contributed by atoms with Crippen LogP contribution in [-0.2, 0) is 10.0 Å². The normalized spacial score (nSPS) is 12.1. The van der Waals surface area contributed by atoms with Crippen LogP contribution in [0.25, 0.3) is 22.4 Å². The van der Waals surface area contributed by atoms with Crippen molar-refractivity contribution in [2.24, 2.45) is 5.14 Å². The summed E-state index contributed by atoms with van der Waals surface area (Å²) in [5, 5.41) is 4.83. The summed E-state index contributed by atoms with van der Waals surface area (Å²) >= 11 is 0. The van der Waals surface area contributed by atoms with Gasteiger partial charge in [-0.1, -0.05) is 12.1 Å². The summed E-state index contributed by atoms with van der Waals surface area (Å²) < 4.78 is 92.4. The van der Waals surface area contributed by atoms with Crippen molar-refractivity contribution in [3.63, 3.8) is 0 Å². The highest BCUT2D eigenvalue weighted by molar-refractivity contribution is 7.89. The van der Waals surface area contributed by atoms with Gasteiger partial charge >= 0.3 is 6.36 Å². The fraction of sp³-hybridized carbons (Fsp3) is 0.105. The Morgan fingerprint density at radius 3 is 2.17 bits per heavy atom. The fourth-order valence-corrected chi connectivity index (χ4v) is 3.62. The first-order valence-corrected chi connectivity index (χ1v) is 9.75. The van der Waals surface area contributed by atoms with Crippen LogP contribution in [0.2, 0.25) is 0 Å². The molecule has 0 aliphatic carbocycles. The molecule has 11 heteroatoms. The predicted molar refractivity (Wildman–Crippen MR) is 97.8 cm³/mol.